The van der Waals surface area contributed by atoms with Crippen LogP contribution in [-0.2, 0) is 14.3 Å². The largest absolute Gasteiger partial charge is 0.444 e. The molecule has 0 fully saturated rings. The van der Waals surface area contributed by atoms with Crippen molar-refractivity contribution in [2.24, 2.45) is 0 Å². The summed E-state index contributed by atoms with van der Waals surface area (Å²) < 4.78 is 10.4. The fraction of sp³-hybridized carbons (Fsp3) is 0.500. The molecule has 7 heteroatoms. The van der Waals surface area contributed by atoms with Crippen LogP contribution in [-0.4, -0.2) is 48.9 Å². The normalized spacial score (nSPS) is 11.3. The lowest BCUT2D eigenvalue weighted by molar-refractivity contribution is -0.120. The molecule has 0 aromatic carbocycles. The van der Waals surface area contributed by atoms with Crippen LogP contribution >= 0.6 is 0 Å². The number of pyridine rings is 1. The van der Waals surface area contributed by atoms with E-state index in [4.69, 9.17) is 9.47 Å². The van der Waals surface area contributed by atoms with E-state index in [9.17, 15) is 9.59 Å². The van der Waals surface area contributed by atoms with Gasteiger partial charge in [0.15, 0.2) is 0 Å². The number of amides is 2. The lowest BCUT2D eigenvalue weighted by Crippen LogP contribution is -2.34. The third kappa shape index (κ3) is 11.7. The second-order valence-electron chi connectivity index (χ2n) is 6.28. The number of nitrogens with one attached hydrogen (secondary N) is 2. The van der Waals surface area contributed by atoms with E-state index < -0.39 is 11.7 Å². The Kier molecular flexibility index (Phi) is 9.24. The molecule has 25 heavy (non-hydrogen) atoms. The molecule has 1 heterocycles. The van der Waals surface area contributed by atoms with Crippen molar-refractivity contribution in [3.05, 3.63) is 36.2 Å². The van der Waals surface area contributed by atoms with Crippen LogP contribution in [0.15, 0.2) is 30.6 Å². The summed E-state index contributed by atoms with van der Waals surface area (Å²) in [4.78, 5) is 27.0. The molecule has 0 saturated heterocycles. The number of rotatable bonds is 9. The molecule has 0 unspecified atom stereocenters. The molecule has 0 radical (unpaired) electrons. The second-order valence-corrected chi connectivity index (χ2v) is 6.28. The van der Waals surface area contributed by atoms with Crippen LogP contribution in [0, 0.1) is 0 Å². The van der Waals surface area contributed by atoms with Crippen LogP contribution in [0.25, 0.3) is 6.08 Å². The lowest BCUT2D eigenvalue weighted by Gasteiger charge is -2.19. The minimum Gasteiger partial charge on any atom is -0.444 e. The molecule has 1 aromatic heterocycles. The minimum atomic E-state index is -0.513. The molecular weight excluding hydrogens is 322 g/mol. The topological polar surface area (TPSA) is 89.5 Å². The van der Waals surface area contributed by atoms with E-state index in [-0.39, 0.29) is 5.91 Å². The zero-order valence-electron chi connectivity index (χ0n) is 15.1. The number of aromatic nitrogens is 1. The van der Waals surface area contributed by atoms with E-state index in [0.29, 0.717) is 32.7 Å². The summed E-state index contributed by atoms with van der Waals surface area (Å²) in [5.74, 6) is -0.0735. The SMILES string of the molecule is CC(C)(C)OC(=O)NCCOCCNC(=O)C/C=C/c1cccnc1. The molecule has 7 nitrogen and oxygen atoms in total. The number of ether oxygens (including phenoxy) is 2. The first-order chi connectivity index (χ1) is 11.9. The lowest BCUT2D eigenvalue weighted by atomic mass is 10.2. The molecule has 0 aliphatic carbocycles. The highest BCUT2D eigenvalue weighted by molar-refractivity contribution is 5.78. The Labute approximate surface area is 148 Å². The van der Waals surface area contributed by atoms with Crippen molar-refractivity contribution in [2.75, 3.05) is 26.3 Å². The summed E-state index contributed by atoms with van der Waals surface area (Å²) >= 11 is 0. The van der Waals surface area contributed by atoms with Gasteiger partial charge < -0.3 is 20.1 Å². The van der Waals surface area contributed by atoms with E-state index in [1.165, 1.54) is 0 Å². The number of alkyl carbamates (subject to hydrolysis) is 1. The van der Waals surface area contributed by atoms with Gasteiger partial charge in [0.25, 0.3) is 0 Å². The summed E-state index contributed by atoms with van der Waals surface area (Å²) in [5, 5.41) is 5.35. The van der Waals surface area contributed by atoms with E-state index in [1.807, 2.05) is 18.2 Å². The average Bonchev–Trinajstić information content (AvgIpc) is 2.53. The first-order valence-electron chi connectivity index (χ1n) is 8.25. The molecule has 0 bridgehead atoms. The Bertz CT molecular complexity index is 553. The maximum absolute atomic E-state index is 11.6. The Morgan fingerprint density at radius 3 is 2.56 bits per heavy atom. The quantitative estimate of drug-likeness (QED) is 0.667. The van der Waals surface area contributed by atoms with Crippen molar-refractivity contribution in [1.82, 2.24) is 15.6 Å². The Morgan fingerprint density at radius 2 is 1.92 bits per heavy atom. The average molecular weight is 349 g/mol. The molecule has 2 amide bonds. The van der Waals surface area contributed by atoms with Crippen LogP contribution in [0.1, 0.15) is 32.8 Å². The Morgan fingerprint density at radius 1 is 1.20 bits per heavy atom. The van der Waals surface area contributed by atoms with Crippen LogP contribution < -0.4 is 10.6 Å². The maximum Gasteiger partial charge on any atom is 0.407 e. The smallest absolute Gasteiger partial charge is 0.407 e. The number of hydrogen-bond donors (Lipinski definition) is 2. The van der Waals surface area contributed by atoms with E-state index in [1.54, 1.807) is 39.2 Å². The molecule has 1 aromatic rings. The molecule has 2 N–H and O–H groups in total. The van der Waals surface area contributed by atoms with Gasteiger partial charge >= 0.3 is 6.09 Å². The fourth-order valence-corrected chi connectivity index (χ4v) is 1.75. The maximum atomic E-state index is 11.6. The highest BCUT2D eigenvalue weighted by atomic mass is 16.6. The Balaban J connectivity index is 1.99. The monoisotopic (exact) mass is 349 g/mol. The predicted octanol–water partition coefficient (Wildman–Crippen LogP) is 2.14. The number of carbonyl (C=O) groups is 2. The molecular formula is C18H27N3O4. The zero-order valence-corrected chi connectivity index (χ0v) is 15.1. The summed E-state index contributed by atoms with van der Waals surface area (Å²) in [7, 11) is 0. The van der Waals surface area contributed by atoms with Crippen LogP contribution in [0.2, 0.25) is 0 Å². The third-order valence-electron chi connectivity index (χ3n) is 2.78. The van der Waals surface area contributed by atoms with Gasteiger partial charge in [-0.05, 0) is 32.4 Å². The van der Waals surface area contributed by atoms with Gasteiger partial charge in [0.05, 0.1) is 13.2 Å². The number of carbonyl (C=O) groups excluding carboxylic acids is 2. The predicted molar refractivity (Wildman–Crippen MR) is 96.0 cm³/mol. The molecule has 0 aliphatic heterocycles. The third-order valence-corrected chi connectivity index (χ3v) is 2.78. The first kappa shape index (κ1) is 20.6. The molecule has 0 aliphatic rings. The van der Waals surface area contributed by atoms with Gasteiger partial charge in [-0.25, -0.2) is 4.79 Å². The standard InChI is InChI=1S/C18H27N3O4/c1-18(2,3)25-17(23)21-11-13-24-12-10-20-16(22)8-4-6-15-7-5-9-19-14-15/h4-7,9,14H,8,10-13H2,1-3H3,(H,20,22)(H,21,23)/b6-4+. The van der Waals surface area contributed by atoms with Gasteiger partial charge in [0, 0.05) is 31.9 Å². The fourth-order valence-electron chi connectivity index (χ4n) is 1.75. The van der Waals surface area contributed by atoms with Crippen LogP contribution in [0.5, 0.6) is 0 Å². The zero-order chi connectivity index (χ0) is 18.5. The molecule has 1 rings (SSSR count). The van der Waals surface area contributed by atoms with Crippen molar-refractivity contribution in [2.45, 2.75) is 32.8 Å². The van der Waals surface area contributed by atoms with E-state index >= 15 is 0 Å². The van der Waals surface area contributed by atoms with Crippen molar-refractivity contribution in [3.8, 4) is 0 Å². The van der Waals surface area contributed by atoms with Crippen molar-refractivity contribution < 1.29 is 19.1 Å². The van der Waals surface area contributed by atoms with Gasteiger partial charge in [-0.1, -0.05) is 18.2 Å². The minimum absolute atomic E-state index is 0.0735. The summed E-state index contributed by atoms with van der Waals surface area (Å²) in [6.45, 7) is 6.93. The second kappa shape index (κ2) is 11.2. The summed E-state index contributed by atoms with van der Waals surface area (Å²) in [5.41, 5.74) is 0.442. The van der Waals surface area contributed by atoms with E-state index in [0.717, 1.165) is 5.56 Å². The van der Waals surface area contributed by atoms with Crippen LogP contribution in [0.3, 0.4) is 0 Å². The van der Waals surface area contributed by atoms with E-state index in [2.05, 4.69) is 15.6 Å². The van der Waals surface area contributed by atoms with Crippen molar-refractivity contribution in [1.29, 1.82) is 0 Å². The highest BCUT2D eigenvalue weighted by Crippen LogP contribution is 2.06. The van der Waals surface area contributed by atoms with Crippen LogP contribution in [0.4, 0.5) is 4.79 Å². The van der Waals surface area contributed by atoms with Crippen molar-refractivity contribution >= 4 is 18.1 Å². The van der Waals surface area contributed by atoms with Crippen molar-refractivity contribution in [3.63, 3.8) is 0 Å². The first-order valence-corrected chi connectivity index (χ1v) is 8.25. The van der Waals surface area contributed by atoms with Gasteiger partial charge in [-0.2, -0.15) is 0 Å². The summed E-state index contributed by atoms with van der Waals surface area (Å²) in [6, 6.07) is 3.76. The van der Waals surface area contributed by atoms with Gasteiger partial charge in [0.1, 0.15) is 5.60 Å². The van der Waals surface area contributed by atoms with Gasteiger partial charge in [-0.3, -0.25) is 9.78 Å². The number of hydrogen-bond acceptors (Lipinski definition) is 5. The van der Waals surface area contributed by atoms with Gasteiger partial charge in [0.2, 0.25) is 5.91 Å². The molecule has 0 atom stereocenters. The molecule has 0 spiro atoms. The number of nitrogens with zero attached hydrogens (tertiary/aromatic N) is 1. The van der Waals surface area contributed by atoms with Gasteiger partial charge in [-0.15, -0.1) is 0 Å². The highest BCUT2D eigenvalue weighted by Gasteiger charge is 2.15. The molecule has 138 valence electrons. The Hall–Kier alpha value is -2.41. The summed E-state index contributed by atoms with van der Waals surface area (Å²) in [6.07, 6.45) is 6.91. The molecule has 0 saturated carbocycles.